The zero-order valence-corrected chi connectivity index (χ0v) is 15.6. The maximum atomic E-state index is 13.1. The van der Waals surface area contributed by atoms with Crippen LogP contribution in [0, 0.1) is 13.8 Å². The zero-order valence-electron chi connectivity index (χ0n) is 15.6. The highest BCUT2D eigenvalue weighted by Crippen LogP contribution is 2.31. The van der Waals surface area contributed by atoms with Crippen LogP contribution in [0.4, 0.5) is 0 Å². The molecule has 2 atom stereocenters. The normalized spacial score (nSPS) is 22.3. The number of rotatable bonds is 3. The Morgan fingerprint density at radius 2 is 2.15 bits per heavy atom. The van der Waals surface area contributed by atoms with E-state index < -0.39 is 6.10 Å². The second kappa shape index (κ2) is 7.29. The molecule has 2 aromatic rings. The summed E-state index contributed by atoms with van der Waals surface area (Å²) in [5.41, 5.74) is 4.77. The molecular formula is C21H24N2O4. The number of carbonyl (C=O) groups excluding carboxylic acids is 1. The minimum atomic E-state index is -0.587. The fourth-order valence-corrected chi connectivity index (χ4v) is 3.63. The van der Waals surface area contributed by atoms with Crippen LogP contribution in [0.1, 0.15) is 39.2 Å². The molecule has 27 heavy (non-hydrogen) atoms. The number of carbonyl (C=O) groups is 1. The first-order valence-electron chi connectivity index (χ1n) is 9.27. The summed E-state index contributed by atoms with van der Waals surface area (Å²) in [7, 11) is 0. The van der Waals surface area contributed by atoms with Crippen molar-refractivity contribution in [2.75, 3.05) is 19.9 Å². The molecule has 0 bridgehead atoms. The Bertz CT molecular complexity index is 850. The molecule has 0 aliphatic carbocycles. The van der Waals surface area contributed by atoms with Gasteiger partial charge in [-0.2, -0.15) is 0 Å². The number of hydrogen-bond acceptors (Lipinski definition) is 5. The lowest BCUT2D eigenvalue weighted by Crippen LogP contribution is -2.54. The van der Waals surface area contributed by atoms with Gasteiger partial charge in [0.05, 0.1) is 24.3 Å². The van der Waals surface area contributed by atoms with Crippen molar-refractivity contribution >= 4 is 5.91 Å². The van der Waals surface area contributed by atoms with Crippen LogP contribution in [0.3, 0.4) is 0 Å². The van der Waals surface area contributed by atoms with Crippen molar-refractivity contribution in [3.8, 4) is 5.75 Å². The largest absolute Gasteiger partial charge is 0.472 e. The third-order valence-corrected chi connectivity index (χ3v) is 5.35. The summed E-state index contributed by atoms with van der Waals surface area (Å²) in [6, 6.07) is 7.51. The molecule has 0 unspecified atom stereocenters. The minimum Gasteiger partial charge on any atom is -0.472 e. The molecule has 2 aliphatic heterocycles. The number of fused-ring (bicyclic) bond motifs is 1. The van der Waals surface area contributed by atoms with Crippen molar-refractivity contribution in [1.29, 1.82) is 0 Å². The van der Waals surface area contributed by atoms with Crippen LogP contribution in [-0.2, 0) is 11.2 Å². The van der Waals surface area contributed by atoms with Crippen molar-refractivity contribution in [3.05, 3.63) is 58.4 Å². The SMILES string of the molecule is Cc1ccc(Cc2cc3c(cc2C)OCN([C@H]2COCC[C@@H]2O)C3=O)cn1. The van der Waals surface area contributed by atoms with Crippen molar-refractivity contribution < 1.29 is 19.4 Å². The second-order valence-corrected chi connectivity index (χ2v) is 7.31. The first-order valence-corrected chi connectivity index (χ1v) is 9.27. The molecule has 0 radical (unpaired) electrons. The van der Waals surface area contributed by atoms with Gasteiger partial charge in [0.1, 0.15) is 5.75 Å². The van der Waals surface area contributed by atoms with Crippen molar-refractivity contribution in [2.24, 2.45) is 0 Å². The van der Waals surface area contributed by atoms with E-state index in [0.717, 1.165) is 22.4 Å². The molecule has 1 amide bonds. The van der Waals surface area contributed by atoms with Crippen molar-refractivity contribution in [1.82, 2.24) is 9.88 Å². The topological polar surface area (TPSA) is 71.9 Å². The van der Waals surface area contributed by atoms with Crippen LogP contribution in [-0.4, -0.2) is 53.0 Å². The van der Waals surface area contributed by atoms with Gasteiger partial charge in [0, 0.05) is 18.5 Å². The predicted molar refractivity (Wildman–Crippen MR) is 99.9 cm³/mol. The highest BCUT2D eigenvalue weighted by atomic mass is 16.5. The molecule has 0 spiro atoms. The van der Waals surface area contributed by atoms with E-state index >= 15 is 0 Å². The number of nitrogens with zero attached hydrogens (tertiary/aromatic N) is 2. The van der Waals surface area contributed by atoms with Gasteiger partial charge in [-0.3, -0.25) is 14.7 Å². The number of benzene rings is 1. The molecule has 2 aliphatic rings. The summed E-state index contributed by atoms with van der Waals surface area (Å²) < 4.78 is 11.3. The fourth-order valence-electron chi connectivity index (χ4n) is 3.63. The lowest BCUT2D eigenvalue weighted by Gasteiger charge is -2.39. The number of amides is 1. The number of aryl methyl sites for hydroxylation is 2. The monoisotopic (exact) mass is 368 g/mol. The standard InChI is InChI=1S/C21H24N2O4/c1-13-7-20-17(9-16(13)8-15-4-3-14(2)22-10-15)21(25)23(12-27-20)18-11-26-6-5-19(18)24/h3-4,7,9-10,18-19,24H,5-6,8,11-12H2,1-2H3/t18-,19-/m0/s1. The molecule has 6 heteroatoms. The van der Waals surface area contributed by atoms with Gasteiger partial charge < -0.3 is 14.6 Å². The Labute approximate surface area is 158 Å². The van der Waals surface area contributed by atoms with E-state index in [0.29, 0.717) is 37.4 Å². The van der Waals surface area contributed by atoms with Crippen LogP contribution in [0.5, 0.6) is 5.75 Å². The summed E-state index contributed by atoms with van der Waals surface area (Å²) in [5, 5.41) is 10.3. The fraction of sp³-hybridized carbons (Fsp3) is 0.429. The molecule has 1 N–H and O–H groups in total. The number of ether oxygens (including phenoxy) is 2. The average molecular weight is 368 g/mol. The van der Waals surface area contributed by atoms with Gasteiger partial charge in [-0.25, -0.2) is 0 Å². The molecule has 4 rings (SSSR count). The summed E-state index contributed by atoms with van der Waals surface area (Å²) in [6.45, 7) is 4.97. The molecule has 142 valence electrons. The van der Waals surface area contributed by atoms with Gasteiger partial charge in [0.25, 0.3) is 5.91 Å². The third kappa shape index (κ3) is 3.55. The van der Waals surface area contributed by atoms with Crippen LogP contribution < -0.4 is 4.74 Å². The van der Waals surface area contributed by atoms with E-state index in [1.807, 2.05) is 38.2 Å². The molecule has 3 heterocycles. The quantitative estimate of drug-likeness (QED) is 0.900. The molecule has 1 aromatic heterocycles. The zero-order chi connectivity index (χ0) is 19.0. The third-order valence-electron chi connectivity index (χ3n) is 5.35. The second-order valence-electron chi connectivity index (χ2n) is 7.31. The van der Waals surface area contributed by atoms with E-state index in [9.17, 15) is 9.90 Å². The molecular weight excluding hydrogens is 344 g/mol. The molecule has 0 saturated carbocycles. The Morgan fingerprint density at radius 3 is 2.89 bits per heavy atom. The van der Waals surface area contributed by atoms with Crippen LogP contribution in [0.15, 0.2) is 30.5 Å². The smallest absolute Gasteiger partial charge is 0.260 e. The molecule has 6 nitrogen and oxygen atoms in total. The number of pyridine rings is 1. The Balaban J connectivity index is 1.61. The lowest BCUT2D eigenvalue weighted by atomic mass is 9.96. The highest BCUT2D eigenvalue weighted by Gasteiger charge is 2.37. The van der Waals surface area contributed by atoms with E-state index in [-0.39, 0.29) is 18.7 Å². The summed E-state index contributed by atoms with van der Waals surface area (Å²) in [5.74, 6) is 0.486. The Kier molecular flexibility index (Phi) is 4.85. The van der Waals surface area contributed by atoms with Crippen LogP contribution in [0.25, 0.3) is 0 Å². The van der Waals surface area contributed by atoms with Crippen LogP contribution >= 0.6 is 0 Å². The van der Waals surface area contributed by atoms with Gasteiger partial charge in [0.15, 0.2) is 6.73 Å². The van der Waals surface area contributed by atoms with Crippen molar-refractivity contribution in [3.63, 3.8) is 0 Å². The van der Waals surface area contributed by atoms with Gasteiger partial charge in [-0.1, -0.05) is 6.07 Å². The summed E-state index contributed by atoms with van der Waals surface area (Å²) >= 11 is 0. The van der Waals surface area contributed by atoms with Gasteiger partial charge >= 0.3 is 0 Å². The first-order chi connectivity index (χ1) is 13.0. The minimum absolute atomic E-state index is 0.117. The Morgan fingerprint density at radius 1 is 1.30 bits per heavy atom. The summed E-state index contributed by atoms with van der Waals surface area (Å²) in [6.07, 6.45) is 2.51. The van der Waals surface area contributed by atoms with E-state index in [4.69, 9.17) is 9.47 Å². The van der Waals surface area contributed by atoms with E-state index in [2.05, 4.69) is 11.1 Å². The lowest BCUT2D eigenvalue weighted by molar-refractivity contribution is -0.0696. The van der Waals surface area contributed by atoms with Crippen LogP contribution in [0.2, 0.25) is 0 Å². The number of aliphatic hydroxyl groups excluding tert-OH is 1. The molecule has 1 saturated heterocycles. The van der Waals surface area contributed by atoms with E-state index in [1.165, 1.54) is 0 Å². The predicted octanol–water partition coefficient (Wildman–Crippen LogP) is 2.23. The van der Waals surface area contributed by atoms with Crippen molar-refractivity contribution in [2.45, 2.75) is 38.8 Å². The number of aliphatic hydroxyl groups is 1. The summed E-state index contributed by atoms with van der Waals surface area (Å²) in [4.78, 5) is 19.0. The van der Waals surface area contributed by atoms with Gasteiger partial charge in [-0.05, 0) is 61.6 Å². The molecule has 1 aromatic carbocycles. The van der Waals surface area contributed by atoms with Gasteiger partial charge in [0.2, 0.25) is 0 Å². The average Bonchev–Trinajstić information content (AvgIpc) is 2.66. The molecule has 1 fully saturated rings. The maximum Gasteiger partial charge on any atom is 0.260 e. The highest BCUT2D eigenvalue weighted by molar-refractivity contribution is 5.98. The first kappa shape index (κ1) is 17.9. The number of hydrogen-bond donors (Lipinski definition) is 1. The van der Waals surface area contributed by atoms with E-state index in [1.54, 1.807) is 4.90 Å². The number of aromatic nitrogens is 1. The maximum absolute atomic E-state index is 13.1. The van der Waals surface area contributed by atoms with Gasteiger partial charge in [-0.15, -0.1) is 0 Å². The Hall–Kier alpha value is -2.44.